The smallest absolute Gasteiger partial charge is 0.255 e. The molecule has 0 heterocycles. The lowest BCUT2D eigenvalue weighted by Crippen LogP contribution is -2.12. The minimum absolute atomic E-state index is 0.0497. The highest BCUT2D eigenvalue weighted by Gasteiger charge is 2.07. The number of benzene rings is 2. The topological polar surface area (TPSA) is 64.3 Å². The zero-order valence-corrected chi connectivity index (χ0v) is 12.3. The molecule has 0 aliphatic rings. The van der Waals surface area contributed by atoms with Crippen molar-refractivity contribution in [1.29, 1.82) is 0 Å². The number of halogens is 2. The summed E-state index contributed by atoms with van der Waals surface area (Å²) in [7, 11) is 0. The summed E-state index contributed by atoms with van der Waals surface area (Å²) in [5, 5.41) is 2.65. The van der Waals surface area contributed by atoms with Gasteiger partial charge in [0.2, 0.25) is 0 Å². The number of rotatable bonds is 6. The molecule has 0 aromatic heterocycles. The van der Waals surface area contributed by atoms with Crippen molar-refractivity contribution in [3.63, 3.8) is 0 Å². The molecule has 0 unspecified atom stereocenters. The maximum Gasteiger partial charge on any atom is 0.255 e. The standard InChI is InChI=1S/C17H16F2N2O2/c18-9-12(10-20)11-23-16-7-1-13(2-8-16)17(22)21-15-5-3-14(19)4-6-15/h1-9H,10-11,20H2,(H,21,22)/b12-9+. The van der Waals surface area contributed by atoms with Gasteiger partial charge >= 0.3 is 0 Å². The van der Waals surface area contributed by atoms with Crippen molar-refractivity contribution in [3.05, 3.63) is 71.8 Å². The Morgan fingerprint density at radius 3 is 2.35 bits per heavy atom. The Bertz CT molecular complexity index is 683. The number of carbonyl (C=O) groups is 1. The van der Waals surface area contributed by atoms with E-state index in [1.807, 2.05) is 0 Å². The van der Waals surface area contributed by atoms with E-state index >= 15 is 0 Å². The average Bonchev–Trinajstić information content (AvgIpc) is 2.58. The number of nitrogens with one attached hydrogen (secondary N) is 1. The number of anilines is 1. The third-order valence-electron chi connectivity index (χ3n) is 3.06. The van der Waals surface area contributed by atoms with Crippen LogP contribution in [0.5, 0.6) is 5.75 Å². The summed E-state index contributed by atoms with van der Waals surface area (Å²) in [5.74, 6) is -0.200. The van der Waals surface area contributed by atoms with Gasteiger partial charge in [-0.15, -0.1) is 0 Å². The molecule has 0 bridgehead atoms. The van der Waals surface area contributed by atoms with Gasteiger partial charge in [-0.1, -0.05) is 0 Å². The normalized spacial score (nSPS) is 11.2. The molecule has 2 aromatic rings. The predicted octanol–water partition coefficient (Wildman–Crippen LogP) is 3.27. The number of hydrogen-bond donors (Lipinski definition) is 2. The number of hydrogen-bond acceptors (Lipinski definition) is 3. The van der Waals surface area contributed by atoms with Crippen LogP contribution >= 0.6 is 0 Å². The Kier molecular flexibility index (Phi) is 5.82. The summed E-state index contributed by atoms with van der Waals surface area (Å²) < 4.78 is 30.5. The summed E-state index contributed by atoms with van der Waals surface area (Å²) in [6.45, 7) is 0.128. The molecule has 0 aliphatic heterocycles. The van der Waals surface area contributed by atoms with Gasteiger partial charge in [-0.2, -0.15) is 0 Å². The van der Waals surface area contributed by atoms with Gasteiger partial charge in [0.1, 0.15) is 18.2 Å². The largest absolute Gasteiger partial charge is 0.489 e. The van der Waals surface area contributed by atoms with Crippen LogP contribution in [0, 0.1) is 5.82 Å². The lowest BCUT2D eigenvalue weighted by atomic mass is 10.2. The highest BCUT2D eigenvalue weighted by molar-refractivity contribution is 6.04. The minimum Gasteiger partial charge on any atom is -0.489 e. The first-order valence-corrected chi connectivity index (χ1v) is 6.90. The molecule has 0 saturated heterocycles. The van der Waals surface area contributed by atoms with E-state index in [1.54, 1.807) is 24.3 Å². The van der Waals surface area contributed by atoms with E-state index in [2.05, 4.69) is 5.32 Å². The summed E-state index contributed by atoms with van der Waals surface area (Å²) in [6, 6.07) is 11.8. The van der Waals surface area contributed by atoms with E-state index in [1.165, 1.54) is 24.3 Å². The fourth-order valence-corrected chi connectivity index (χ4v) is 1.75. The second-order valence-corrected chi connectivity index (χ2v) is 4.75. The highest BCUT2D eigenvalue weighted by Crippen LogP contribution is 2.15. The molecule has 0 spiro atoms. The molecule has 2 rings (SSSR count). The molecule has 3 N–H and O–H groups in total. The quantitative estimate of drug-likeness (QED) is 0.859. The van der Waals surface area contributed by atoms with Crippen LogP contribution in [-0.2, 0) is 0 Å². The molecule has 4 nitrogen and oxygen atoms in total. The average molecular weight is 318 g/mol. The van der Waals surface area contributed by atoms with Crippen LogP contribution in [-0.4, -0.2) is 19.1 Å². The van der Waals surface area contributed by atoms with Gasteiger partial charge in [-0.3, -0.25) is 4.79 Å². The van der Waals surface area contributed by atoms with Crippen LogP contribution in [0.1, 0.15) is 10.4 Å². The molecular weight excluding hydrogens is 302 g/mol. The van der Waals surface area contributed by atoms with E-state index in [0.29, 0.717) is 28.9 Å². The Labute approximate surface area is 132 Å². The van der Waals surface area contributed by atoms with Crippen LogP contribution in [0.4, 0.5) is 14.5 Å². The van der Waals surface area contributed by atoms with Gasteiger partial charge in [-0.25, -0.2) is 8.78 Å². The molecule has 1 amide bonds. The fraction of sp³-hybridized carbons (Fsp3) is 0.118. The Morgan fingerprint density at radius 1 is 1.13 bits per heavy atom. The predicted molar refractivity (Wildman–Crippen MR) is 84.5 cm³/mol. The second kappa shape index (κ2) is 8.05. The van der Waals surface area contributed by atoms with Crippen LogP contribution < -0.4 is 15.8 Å². The third kappa shape index (κ3) is 4.89. The van der Waals surface area contributed by atoms with Crippen LogP contribution in [0.25, 0.3) is 0 Å². The van der Waals surface area contributed by atoms with Crippen LogP contribution in [0.15, 0.2) is 60.4 Å². The lowest BCUT2D eigenvalue weighted by Gasteiger charge is -2.08. The van der Waals surface area contributed by atoms with Crippen molar-refractivity contribution in [3.8, 4) is 5.75 Å². The van der Waals surface area contributed by atoms with Crippen molar-refractivity contribution in [1.82, 2.24) is 0 Å². The van der Waals surface area contributed by atoms with Gasteiger partial charge in [0.25, 0.3) is 5.91 Å². The van der Waals surface area contributed by atoms with Crippen molar-refractivity contribution in [2.75, 3.05) is 18.5 Å². The molecule has 23 heavy (non-hydrogen) atoms. The Hall–Kier alpha value is -2.73. The summed E-state index contributed by atoms with van der Waals surface area (Å²) in [5.41, 5.74) is 6.58. The van der Waals surface area contributed by atoms with Gasteiger partial charge < -0.3 is 15.8 Å². The van der Waals surface area contributed by atoms with E-state index in [-0.39, 0.29) is 24.9 Å². The van der Waals surface area contributed by atoms with Gasteiger partial charge in [0.15, 0.2) is 0 Å². The fourth-order valence-electron chi connectivity index (χ4n) is 1.75. The van der Waals surface area contributed by atoms with E-state index in [4.69, 9.17) is 10.5 Å². The molecule has 0 aliphatic carbocycles. The molecule has 2 aromatic carbocycles. The van der Waals surface area contributed by atoms with Crippen molar-refractivity contribution < 1.29 is 18.3 Å². The van der Waals surface area contributed by atoms with Gasteiger partial charge in [0, 0.05) is 23.4 Å². The highest BCUT2D eigenvalue weighted by atomic mass is 19.1. The first-order valence-electron chi connectivity index (χ1n) is 6.90. The maximum atomic E-state index is 12.8. The van der Waals surface area contributed by atoms with E-state index in [9.17, 15) is 13.6 Å². The molecule has 0 saturated carbocycles. The summed E-state index contributed by atoms with van der Waals surface area (Å²) >= 11 is 0. The molecule has 0 radical (unpaired) electrons. The number of amides is 1. The van der Waals surface area contributed by atoms with Crippen molar-refractivity contribution in [2.24, 2.45) is 5.73 Å². The van der Waals surface area contributed by atoms with Crippen LogP contribution in [0.2, 0.25) is 0 Å². The zero-order chi connectivity index (χ0) is 16.7. The minimum atomic E-state index is -0.372. The van der Waals surface area contributed by atoms with Crippen molar-refractivity contribution in [2.45, 2.75) is 0 Å². The summed E-state index contributed by atoms with van der Waals surface area (Å²) in [6.07, 6.45) is 0.421. The van der Waals surface area contributed by atoms with Crippen molar-refractivity contribution >= 4 is 11.6 Å². The Morgan fingerprint density at radius 2 is 1.78 bits per heavy atom. The molecule has 6 heteroatoms. The summed E-state index contributed by atoms with van der Waals surface area (Å²) in [4.78, 5) is 12.0. The maximum absolute atomic E-state index is 12.8. The molecule has 0 atom stereocenters. The van der Waals surface area contributed by atoms with Gasteiger partial charge in [0.05, 0.1) is 6.33 Å². The number of carbonyl (C=O) groups excluding carboxylic acids is 1. The lowest BCUT2D eigenvalue weighted by molar-refractivity contribution is 0.102. The van der Waals surface area contributed by atoms with E-state index < -0.39 is 0 Å². The molecule has 120 valence electrons. The SMILES string of the molecule is NC/C(=C\F)COc1ccc(C(=O)Nc2ccc(F)cc2)cc1. The first-order chi connectivity index (χ1) is 11.1. The number of ether oxygens (including phenoxy) is 1. The second-order valence-electron chi connectivity index (χ2n) is 4.75. The first kappa shape index (κ1) is 16.6. The third-order valence-corrected chi connectivity index (χ3v) is 3.06. The Balaban J connectivity index is 1.95. The molecule has 0 fully saturated rings. The van der Waals surface area contributed by atoms with Gasteiger partial charge in [-0.05, 0) is 48.5 Å². The molecular formula is C17H16F2N2O2. The van der Waals surface area contributed by atoms with E-state index in [0.717, 1.165) is 0 Å². The number of nitrogens with two attached hydrogens (primary N) is 1. The zero-order valence-electron chi connectivity index (χ0n) is 12.3. The van der Waals surface area contributed by atoms with Crippen LogP contribution in [0.3, 0.4) is 0 Å². The monoisotopic (exact) mass is 318 g/mol.